The standard InChI is InChI=1S/C20H16F2N2O3/c21-15-9-8-14(12-16(15)22)23-19(25)17(11-13-5-2-1-3-6-13)24-20(26)18-7-4-10-27-18/h1-10,12,17H,11H2,(H,23,25)(H,24,26)/t17-/m0/s1. The Morgan fingerprint density at radius 2 is 1.74 bits per heavy atom. The van der Waals surface area contributed by atoms with E-state index in [1.807, 2.05) is 30.3 Å². The van der Waals surface area contributed by atoms with Crippen LogP contribution in [0.1, 0.15) is 16.1 Å². The normalized spacial score (nSPS) is 11.6. The number of carbonyl (C=O) groups excluding carboxylic acids is 2. The summed E-state index contributed by atoms with van der Waals surface area (Å²) in [5.74, 6) is -3.15. The first-order valence-corrected chi connectivity index (χ1v) is 8.17. The van der Waals surface area contributed by atoms with E-state index in [0.29, 0.717) is 0 Å². The second-order valence-electron chi connectivity index (χ2n) is 5.81. The molecular formula is C20H16F2N2O3. The summed E-state index contributed by atoms with van der Waals surface area (Å²) >= 11 is 0. The third-order valence-electron chi connectivity index (χ3n) is 3.84. The lowest BCUT2D eigenvalue weighted by Crippen LogP contribution is -2.45. The van der Waals surface area contributed by atoms with Crippen LogP contribution in [-0.2, 0) is 11.2 Å². The van der Waals surface area contributed by atoms with Crippen LogP contribution in [0.5, 0.6) is 0 Å². The minimum absolute atomic E-state index is 0.0636. The number of carbonyl (C=O) groups is 2. The van der Waals surface area contributed by atoms with Crippen molar-refractivity contribution in [3.8, 4) is 0 Å². The van der Waals surface area contributed by atoms with E-state index in [9.17, 15) is 18.4 Å². The van der Waals surface area contributed by atoms with Crippen molar-refractivity contribution in [1.29, 1.82) is 0 Å². The number of anilines is 1. The smallest absolute Gasteiger partial charge is 0.287 e. The molecule has 7 heteroatoms. The molecule has 2 aromatic carbocycles. The number of hydrogen-bond acceptors (Lipinski definition) is 3. The molecule has 138 valence electrons. The van der Waals surface area contributed by atoms with Crippen molar-refractivity contribution in [2.24, 2.45) is 0 Å². The van der Waals surface area contributed by atoms with Crippen LogP contribution < -0.4 is 10.6 Å². The number of amides is 2. The fourth-order valence-electron chi connectivity index (χ4n) is 2.50. The molecule has 3 rings (SSSR count). The van der Waals surface area contributed by atoms with Crippen molar-refractivity contribution in [2.45, 2.75) is 12.5 Å². The Labute approximate surface area is 154 Å². The Hall–Kier alpha value is -3.48. The van der Waals surface area contributed by atoms with Crippen LogP contribution in [0.25, 0.3) is 0 Å². The molecule has 3 aromatic rings. The average Bonchev–Trinajstić information content (AvgIpc) is 3.20. The zero-order valence-electron chi connectivity index (χ0n) is 14.1. The molecule has 1 aromatic heterocycles. The summed E-state index contributed by atoms with van der Waals surface area (Å²) in [6, 6.07) is 14.2. The molecule has 0 spiro atoms. The molecule has 0 saturated heterocycles. The number of hydrogen-bond donors (Lipinski definition) is 2. The first-order valence-electron chi connectivity index (χ1n) is 8.17. The zero-order valence-corrected chi connectivity index (χ0v) is 14.1. The van der Waals surface area contributed by atoms with E-state index in [1.165, 1.54) is 18.4 Å². The molecule has 0 aliphatic carbocycles. The van der Waals surface area contributed by atoms with Crippen molar-refractivity contribution in [1.82, 2.24) is 5.32 Å². The van der Waals surface area contributed by atoms with Crippen molar-refractivity contribution >= 4 is 17.5 Å². The highest BCUT2D eigenvalue weighted by Gasteiger charge is 2.23. The number of benzene rings is 2. The third kappa shape index (κ3) is 4.78. The van der Waals surface area contributed by atoms with Gasteiger partial charge in [-0.25, -0.2) is 8.78 Å². The summed E-state index contributed by atoms with van der Waals surface area (Å²) in [4.78, 5) is 24.9. The summed E-state index contributed by atoms with van der Waals surface area (Å²) in [5.41, 5.74) is 0.909. The maximum absolute atomic E-state index is 13.4. The molecule has 2 N–H and O–H groups in total. The van der Waals surface area contributed by atoms with Crippen LogP contribution in [0.15, 0.2) is 71.3 Å². The van der Waals surface area contributed by atoms with Gasteiger partial charge in [-0.3, -0.25) is 9.59 Å². The van der Waals surface area contributed by atoms with Crippen molar-refractivity contribution < 1.29 is 22.8 Å². The number of halogens is 2. The van der Waals surface area contributed by atoms with Gasteiger partial charge in [0.25, 0.3) is 5.91 Å². The number of rotatable bonds is 6. The minimum atomic E-state index is -1.08. The highest BCUT2D eigenvalue weighted by Crippen LogP contribution is 2.14. The second kappa shape index (κ2) is 8.27. The van der Waals surface area contributed by atoms with Crippen molar-refractivity contribution in [3.63, 3.8) is 0 Å². The van der Waals surface area contributed by atoms with E-state index >= 15 is 0 Å². The lowest BCUT2D eigenvalue weighted by Gasteiger charge is -2.18. The average molecular weight is 370 g/mol. The largest absolute Gasteiger partial charge is 0.459 e. The van der Waals surface area contributed by atoms with E-state index in [-0.39, 0.29) is 17.9 Å². The molecule has 0 saturated carbocycles. The zero-order chi connectivity index (χ0) is 19.2. The molecule has 0 radical (unpaired) electrons. The first-order chi connectivity index (χ1) is 13.0. The summed E-state index contributed by atoms with van der Waals surface area (Å²) in [5, 5.41) is 5.09. The van der Waals surface area contributed by atoms with Gasteiger partial charge >= 0.3 is 0 Å². The van der Waals surface area contributed by atoms with Crippen molar-refractivity contribution in [3.05, 3.63) is 89.9 Å². The van der Waals surface area contributed by atoms with Crippen LogP contribution in [0.2, 0.25) is 0 Å². The SMILES string of the molecule is O=C(N[C@@H](Cc1ccccc1)C(=O)Nc1ccc(F)c(F)c1)c1ccco1. The van der Waals surface area contributed by atoms with Gasteiger partial charge in [0.1, 0.15) is 6.04 Å². The van der Waals surface area contributed by atoms with Gasteiger partial charge in [-0.2, -0.15) is 0 Å². The molecule has 0 bridgehead atoms. The van der Waals surface area contributed by atoms with E-state index in [4.69, 9.17) is 4.42 Å². The molecule has 2 amide bonds. The summed E-state index contributed by atoms with van der Waals surface area (Å²) in [6.45, 7) is 0. The molecule has 1 atom stereocenters. The molecule has 0 fully saturated rings. The van der Waals surface area contributed by atoms with Gasteiger partial charge in [-0.1, -0.05) is 30.3 Å². The first kappa shape index (κ1) is 18.3. The summed E-state index contributed by atoms with van der Waals surface area (Å²) < 4.78 is 31.5. The summed E-state index contributed by atoms with van der Waals surface area (Å²) in [6.07, 6.45) is 1.56. The highest BCUT2D eigenvalue weighted by atomic mass is 19.2. The second-order valence-corrected chi connectivity index (χ2v) is 5.81. The lowest BCUT2D eigenvalue weighted by atomic mass is 10.0. The third-order valence-corrected chi connectivity index (χ3v) is 3.84. The monoisotopic (exact) mass is 370 g/mol. The molecule has 0 aliphatic rings. The predicted molar refractivity (Wildman–Crippen MR) is 95.1 cm³/mol. The van der Waals surface area contributed by atoms with E-state index in [2.05, 4.69) is 10.6 Å². The maximum Gasteiger partial charge on any atom is 0.287 e. The molecule has 0 unspecified atom stereocenters. The topological polar surface area (TPSA) is 71.3 Å². The molecule has 0 aliphatic heterocycles. The molecule has 27 heavy (non-hydrogen) atoms. The van der Waals surface area contributed by atoms with Crippen LogP contribution in [0, 0.1) is 11.6 Å². The van der Waals surface area contributed by atoms with E-state index in [1.54, 1.807) is 6.07 Å². The Balaban J connectivity index is 1.77. The fourth-order valence-corrected chi connectivity index (χ4v) is 2.50. The van der Waals surface area contributed by atoms with Crippen molar-refractivity contribution in [2.75, 3.05) is 5.32 Å². The van der Waals surface area contributed by atoms with Gasteiger partial charge < -0.3 is 15.1 Å². The quantitative estimate of drug-likeness (QED) is 0.697. The van der Waals surface area contributed by atoms with Gasteiger partial charge in [0, 0.05) is 18.2 Å². The van der Waals surface area contributed by atoms with Crippen LogP contribution in [-0.4, -0.2) is 17.9 Å². The fraction of sp³-hybridized carbons (Fsp3) is 0.100. The molecule has 5 nitrogen and oxygen atoms in total. The van der Waals surface area contributed by atoms with Crippen LogP contribution >= 0.6 is 0 Å². The number of nitrogens with one attached hydrogen (secondary N) is 2. The van der Waals surface area contributed by atoms with Gasteiger partial charge in [0.2, 0.25) is 5.91 Å². The summed E-state index contributed by atoms with van der Waals surface area (Å²) in [7, 11) is 0. The van der Waals surface area contributed by atoms with E-state index < -0.39 is 29.5 Å². The maximum atomic E-state index is 13.4. The van der Waals surface area contributed by atoms with Crippen LogP contribution in [0.4, 0.5) is 14.5 Å². The minimum Gasteiger partial charge on any atom is -0.459 e. The predicted octanol–water partition coefficient (Wildman–Crippen LogP) is 3.54. The Bertz CT molecular complexity index is 928. The Morgan fingerprint density at radius 3 is 2.41 bits per heavy atom. The van der Waals surface area contributed by atoms with Gasteiger partial charge in [-0.05, 0) is 29.8 Å². The van der Waals surface area contributed by atoms with Gasteiger partial charge in [0.05, 0.1) is 6.26 Å². The molecule has 1 heterocycles. The Kier molecular flexibility index (Phi) is 5.61. The Morgan fingerprint density at radius 1 is 0.963 bits per heavy atom. The highest BCUT2D eigenvalue weighted by molar-refractivity contribution is 6.00. The van der Waals surface area contributed by atoms with Gasteiger partial charge in [-0.15, -0.1) is 0 Å². The van der Waals surface area contributed by atoms with E-state index in [0.717, 1.165) is 17.7 Å². The van der Waals surface area contributed by atoms with Crippen LogP contribution in [0.3, 0.4) is 0 Å². The lowest BCUT2D eigenvalue weighted by molar-refractivity contribution is -0.118. The molecular weight excluding hydrogens is 354 g/mol. The van der Waals surface area contributed by atoms with Gasteiger partial charge in [0.15, 0.2) is 17.4 Å². The number of furan rings is 1.